The van der Waals surface area contributed by atoms with Crippen LogP contribution in [0.1, 0.15) is 0 Å². The summed E-state index contributed by atoms with van der Waals surface area (Å²) >= 11 is 12.0. The number of ether oxygens (including phenoxy) is 1. The maximum Gasteiger partial charge on any atom is 0.327 e. The summed E-state index contributed by atoms with van der Waals surface area (Å²) < 4.78 is 7.62. The van der Waals surface area contributed by atoms with E-state index in [0.29, 0.717) is 38.4 Å². The second-order valence-corrected chi connectivity index (χ2v) is 6.44. The molecule has 0 amide bonds. The summed E-state index contributed by atoms with van der Waals surface area (Å²) in [6.07, 6.45) is 7.74. The summed E-state index contributed by atoms with van der Waals surface area (Å²) in [4.78, 5) is 24.1. The first-order valence-corrected chi connectivity index (χ1v) is 8.67. The molecule has 4 heterocycles. The summed E-state index contributed by atoms with van der Waals surface area (Å²) in [5.41, 5.74) is 1.14. The minimum Gasteiger partial charge on any atom is -0.468 e. The summed E-state index contributed by atoms with van der Waals surface area (Å²) in [7, 11) is 1.31. The van der Waals surface area contributed by atoms with Crippen LogP contribution < -0.4 is 5.32 Å². The van der Waals surface area contributed by atoms with Gasteiger partial charge in [-0.2, -0.15) is 10.2 Å². The van der Waals surface area contributed by atoms with Crippen LogP contribution in [0.25, 0.3) is 16.9 Å². The molecule has 0 spiro atoms. The molecule has 0 radical (unpaired) electrons. The molecule has 12 heteroatoms. The standard InChI is InChI=1S/C16H12Cl2N8O2/c1-28-13(27)7-26-15-11(5-23-26)14(20-8-21-15)24-10-4-22-25(6-10)16-12(18)2-9(17)3-19-16/h2-6,8H,7H2,1H3,(H,20,21,24). The Morgan fingerprint density at radius 3 is 2.82 bits per heavy atom. The molecule has 4 rings (SSSR count). The zero-order chi connectivity index (χ0) is 19.7. The van der Waals surface area contributed by atoms with Crippen LogP contribution >= 0.6 is 23.2 Å². The Morgan fingerprint density at radius 2 is 2.04 bits per heavy atom. The minimum atomic E-state index is -0.424. The molecule has 0 saturated carbocycles. The van der Waals surface area contributed by atoms with Crippen molar-refractivity contribution in [1.29, 1.82) is 0 Å². The highest BCUT2D eigenvalue weighted by atomic mass is 35.5. The monoisotopic (exact) mass is 418 g/mol. The zero-order valence-electron chi connectivity index (χ0n) is 14.4. The number of hydrogen-bond acceptors (Lipinski definition) is 8. The smallest absolute Gasteiger partial charge is 0.327 e. The number of pyridine rings is 1. The SMILES string of the molecule is COC(=O)Cn1ncc2c(Nc3cnn(-c4ncc(Cl)cc4Cl)c3)ncnc21. The molecule has 0 atom stereocenters. The van der Waals surface area contributed by atoms with E-state index in [4.69, 9.17) is 23.2 Å². The number of nitrogens with one attached hydrogen (secondary N) is 1. The molecule has 0 aliphatic carbocycles. The first kappa shape index (κ1) is 18.1. The number of esters is 1. The molecule has 4 aromatic heterocycles. The Balaban J connectivity index is 1.62. The molecule has 0 fully saturated rings. The van der Waals surface area contributed by atoms with Gasteiger partial charge >= 0.3 is 5.97 Å². The van der Waals surface area contributed by atoms with Crippen molar-refractivity contribution in [3.05, 3.63) is 47.2 Å². The molecule has 0 aromatic carbocycles. The van der Waals surface area contributed by atoms with Crippen molar-refractivity contribution in [3.8, 4) is 5.82 Å². The van der Waals surface area contributed by atoms with E-state index >= 15 is 0 Å². The largest absolute Gasteiger partial charge is 0.468 e. The van der Waals surface area contributed by atoms with Crippen molar-refractivity contribution in [2.75, 3.05) is 12.4 Å². The maximum absolute atomic E-state index is 11.5. The van der Waals surface area contributed by atoms with Crippen molar-refractivity contribution in [2.24, 2.45) is 0 Å². The van der Waals surface area contributed by atoms with Gasteiger partial charge in [0.25, 0.3) is 0 Å². The van der Waals surface area contributed by atoms with Crippen LogP contribution in [0, 0.1) is 0 Å². The molecule has 0 unspecified atom stereocenters. The molecule has 10 nitrogen and oxygen atoms in total. The van der Waals surface area contributed by atoms with Crippen LogP contribution in [0.15, 0.2) is 37.2 Å². The average molecular weight is 419 g/mol. The lowest BCUT2D eigenvalue weighted by Gasteiger charge is -2.05. The Labute approximate surface area is 168 Å². The number of rotatable bonds is 5. The quantitative estimate of drug-likeness (QED) is 0.492. The van der Waals surface area contributed by atoms with Gasteiger partial charge in [-0.1, -0.05) is 23.2 Å². The Kier molecular flexibility index (Phi) is 4.80. The highest BCUT2D eigenvalue weighted by Gasteiger charge is 2.14. The number of nitrogens with zero attached hydrogens (tertiary/aromatic N) is 7. The number of aromatic nitrogens is 7. The number of fused-ring (bicyclic) bond motifs is 1. The number of carbonyl (C=O) groups excluding carboxylic acids is 1. The third kappa shape index (κ3) is 3.47. The second-order valence-electron chi connectivity index (χ2n) is 5.60. The first-order chi connectivity index (χ1) is 13.5. The van der Waals surface area contributed by atoms with E-state index in [1.165, 1.54) is 29.0 Å². The van der Waals surface area contributed by atoms with E-state index in [-0.39, 0.29) is 6.54 Å². The van der Waals surface area contributed by atoms with E-state index in [1.807, 2.05) is 0 Å². The molecule has 0 saturated heterocycles. The number of carbonyl (C=O) groups is 1. The van der Waals surface area contributed by atoms with Crippen LogP contribution in [0.5, 0.6) is 0 Å². The fourth-order valence-electron chi connectivity index (χ4n) is 2.51. The highest BCUT2D eigenvalue weighted by Crippen LogP contribution is 2.25. The van der Waals surface area contributed by atoms with Crippen LogP contribution in [0.4, 0.5) is 11.5 Å². The number of hydrogen-bond donors (Lipinski definition) is 1. The molecule has 0 bridgehead atoms. The van der Waals surface area contributed by atoms with Crippen LogP contribution in [-0.2, 0) is 16.1 Å². The second kappa shape index (κ2) is 7.41. The number of anilines is 2. The van der Waals surface area contributed by atoms with Gasteiger partial charge in [0.15, 0.2) is 11.5 Å². The zero-order valence-corrected chi connectivity index (χ0v) is 15.9. The van der Waals surface area contributed by atoms with Crippen LogP contribution in [0.2, 0.25) is 10.0 Å². The van der Waals surface area contributed by atoms with Crippen molar-refractivity contribution >= 4 is 51.7 Å². The third-order valence-corrected chi connectivity index (χ3v) is 4.28. The lowest BCUT2D eigenvalue weighted by molar-refractivity contribution is -0.141. The van der Waals surface area contributed by atoms with E-state index in [0.717, 1.165) is 0 Å². The van der Waals surface area contributed by atoms with Gasteiger partial charge in [0, 0.05) is 6.20 Å². The van der Waals surface area contributed by atoms with Crippen molar-refractivity contribution in [2.45, 2.75) is 6.54 Å². The normalized spacial score (nSPS) is 11.0. The van der Waals surface area contributed by atoms with Crippen LogP contribution in [0.3, 0.4) is 0 Å². The first-order valence-electron chi connectivity index (χ1n) is 7.91. The maximum atomic E-state index is 11.5. The van der Waals surface area contributed by atoms with Gasteiger partial charge in [0.1, 0.15) is 18.7 Å². The lowest BCUT2D eigenvalue weighted by Crippen LogP contribution is -2.13. The molecule has 1 N–H and O–H groups in total. The molecule has 0 aliphatic heterocycles. The third-order valence-electron chi connectivity index (χ3n) is 3.79. The topological polar surface area (TPSA) is 113 Å². The predicted octanol–water partition coefficient (Wildman–Crippen LogP) is 2.63. The molecule has 28 heavy (non-hydrogen) atoms. The summed E-state index contributed by atoms with van der Waals surface area (Å²) in [6, 6.07) is 1.59. The van der Waals surface area contributed by atoms with Gasteiger partial charge in [-0.15, -0.1) is 0 Å². The van der Waals surface area contributed by atoms with Gasteiger partial charge in [-0.05, 0) is 6.07 Å². The van der Waals surface area contributed by atoms with Gasteiger partial charge < -0.3 is 10.1 Å². The summed E-state index contributed by atoms with van der Waals surface area (Å²) in [6.45, 7) is -0.0465. The Hall–Kier alpha value is -3.24. The lowest BCUT2D eigenvalue weighted by atomic mass is 10.4. The average Bonchev–Trinajstić information content (AvgIpc) is 3.30. The van der Waals surface area contributed by atoms with E-state index in [9.17, 15) is 4.79 Å². The van der Waals surface area contributed by atoms with Crippen LogP contribution in [-0.4, -0.2) is 47.6 Å². The molecule has 4 aromatic rings. The van der Waals surface area contributed by atoms with Gasteiger partial charge in [0.05, 0.1) is 46.8 Å². The van der Waals surface area contributed by atoms with Crippen molar-refractivity contribution in [3.63, 3.8) is 0 Å². The number of halogens is 2. The van der Waals surface area contributed by atoms with Crippen molar-refractivity contribution < 1.29 is 9.53 Å². The van der Waals surface area contributed by atoms with E-state index in [2.05, 4.69) is 35.2 Å². The molecular weight excluding hydrogens is 407 g/mol. The van der Waals surface area contributed by atoms with Crippen molar-refractivity contribution in [1.82, 2.24) is 34.5 Å². The Morgan fingerprint density at radius 1 is 1.18 bits per heavy atom. The van der Waals surface area contributed by atoms with Gasteiger partial charge in [-0.3, -0.25) is 4.79 Å². The van der Waals surface area contributed by atoms with E-state index < -0.39 is 5.97 Å². The molecule has 142 valence electrons. The summed E-state index contributed by atoms with van der Waals surface area (Å²) in [5.74, 6) is 0.528. The number of methoxy groups -OCH3 is 1. The molecule has 0 aliphatic rings. The predicted molar refractivity (Wildman–Crippen MR) is 102 cm³/mol. The van der Waals surface area contributed by atoms with E-state index in [1.54, 1.807) is 24.7 Å². The fraction of sp³-hybridized carbons (Fsp3) is 0.125. The van der Waals surface area contributed by atoms with Gasteiger partial charge in [0.2, 0.25) is 0 Å². The fourth-order valence-corrected chi connectivity index (χ4v) is 2.98. The molecular formula is C16H12Cl2N8O2. The highest BCUT2D eigenvalue weighted by molar-refractivity contribution is 6.35. The Bertz CT molecular complexity index is 1170. The van der Waals surface area contributed by atoms with Gasteiger partial charge in [-0.25, -0.2) is 24.3 Å². The minimum absolute atomic E-state index is 0.0465. The summed E-state index contributed by atoms with van der Waals surface area (Å²) in [5, 5.41) is 13.0.